The highest BCUT2D eigenvalue weighted by Crippen LogP contribution is 2.17. The summed E-state index contributed by atoms with van der Waals surface area (Å²) in [6.45, 7) is 1.92. The smallest absolute Gasteiger partial charge is 0.220 e. The molecular weight excluding hydrogens is 240 g/mol. The zero-order valence-corrected chi connectivity index (χ0v) is 10.3. The maximum Gasteiger partial charge on any atom is 0.220 e. The molecule has 0 aromatic carbocycles. The van der Waals surface area contributed by atoms with Crippen molar-refractivity contribution in [3.05, 3.63) is 5.01 Å². The Bertz CT molecular complexity index is 376. The Balaban J connectivity index is 1.70. The van der Waals surface area contributed by atoms with Crippen molar-refractivity contribution < 1.29 is 9.53 Å². The van der Waals surface area contributed by atoms with E-state index in [1.165, 1.54) is 11.3 Å². The van der Waals surface area contributed by atoms with E-state index in [1.54, 1.807) is 0 Å². The molecule has 1 atom stereocenters. The molecule has 1 unspecified atom stereocenters. The first-order valence-electron chi connectivity index (χ1n) is 5.66. The average molecular weight is 256 g/mol. The predicted octanol–water partition coefficient (Wildman–Crippen LogP) is 0.553. The molecule has 0 radical (unpaired) electrons. The van der Waals surface area contributed by atoms with E-state index in [9.17, 15) is 4.79 Å². The van der Waals surface area contributed by atoms with E-state index in [-0.39, 0.29) is 5.91 Å². The van der Waals surface area contributed by atoms with E-state index in [4.69, 9.17) is 10.5 Å². The molecule has 0 aliphatic carbocycles. The van der Waals surface area contributed by atoms with Gasteiger partial charge in [-0.2, -0.15) is 0 Å². The van der Waals surface area contributed by atoms with Crippen molar-refractivity contribution in [2.75, 3.05) is 18.9 Å². The molecule has 1 fully saturated rings. The van der Waals surface area contributed by atoms with Crippen molar-refractivity contribution in [3.63, 3.8) is 0 Å². The van der Waals surface area contributed by atoms with Gasteiger partial charge in [-0.05, 0) is 18.8 Å². The van der Waals surface area contributed by atoms with Crippen LogP contribution >= 0.6 is 11.3 Å². The summed E-state index contributed by atoms with van der Waals surface area (Å²) in [7, 11) is 0. The van der Waals surface area contributed by atoms with E-state index >= 15 is 0 Å². The largest absolute Gasteiger partial charge is 0.381 e. The molecule has 0 spiro atoms. The Hall–Kier alpha value is -1.21. The number of ether oxygens (including phenoxy) is 1. The fourth-order valence-corrected chi connectivity index (χ4v) is 2.36. The second-order valence-corrected chi connectivity index (χ2v) is 5.19. The van der Waals surface area contributed by atoms with Gasteiger partial charge in [0.1, 0.15) is 5.01 Å². The van der Waals surface area contributed by atoms with Crippen molar-refractivity contribution in [1.29, 1.82) is 0 Å². The molecule has 0 saturated carbocycles. The molecule has 3 N–H and O–H groups in total. The van der Waals surface area contributed by atoms with E-state index in [1.807, 2.05) is 0 Å². The van der Waals surface area contributed by atoms with Crippen LogP contribution in [0.3, 0.4) is 0 Å². The molecule has 1 saturated heterocycles. The van der Waals surface area contributed by atoms with Gasteiger partial charge in [0.15, 0.2) is 0 Å². The Kier molecular flexibility index (Phi) is 4.27. The minimum Gasteiger partial charge on any atom is -0.381 e. The second kappa shape index (κ2) is 5.92. The van der Waals surface area contributed by atoms with Gasteiger partial charge in [-0.3, -0.25) is 4.79 Å². The van der Waals surface area contributed by atoms with Crippen LogP contribution in [-0.2, 0) is 16.1 Å². The molecule has 1 aliphatic rings. The quantitative estimate of drug-likeness (QED) is 0.821. The molecule has 0 bridgehead atoms. The second-order valence-electron chi connectivity index (χ2n) is 4.10. The number of hydrogen-bond acceptors (Lipinski definition) is 6. The number of nitrogens with two attached hydrogens (primary N) is 1. The predicted molar refractivity (Wildman–Crippen MR) is 64.3 cm³/mol. The zero-order chi connectivity index (χ0) is 12.1. The van der Waals surface area contributed by atoms with E-state index < -0.39 is 0 Å². The maximum atomic E-state index is 11.6. The third-order valence-electron chi connectivity index (χ3n) is 2.65. The molecule has 1 aliphatic heterocycles. The van der Waals surface area contributed by atoms with Crippen molar-refractivity contribution in [2.45, 2.75) is 25.8 Å². The number of nitrogen functional groups attached to an aromatic ring is 1. The summed E-state index contributed by atoms with van der Waals surface area (Å²) in [4.78, 5) is 11.6. The van der Waals surface area contributed by atoms with Crippen LogP contribution in [-0.4, -0.2) is 29.3 Å². The number of nitrogens with one attached hydrogen (secondary N) is 1. The van der Waals surface area contributed by atoms with Crippen molar-refractivity contribution in [1.82, 2.24) is 15.5 Å². The van der Waals surface area contributed by atoms with E-state index in [0.717, 1.165) is 24.5 Å². The molecular formula is C10H16N4O2S. The highest BCUT2D eigenvalue weighted by Gasteiger charge is 2.17. The van der Waals surface area contributed by atoms with E-state index in [2.05, 4.69) is 15.5 Å². The van der Waals surface area contributed by atoms with Crippen molar-refractivity contribution in [3.8, 4) is 0 Å². The third-order valence-corrected chi connectivity index (χ3v) is 3.40. The standard InChI is InChI=1S/C10H16N4O2S/c11-10-14-13-9(17-10)5-12-8(15)4-7-2-1-3-16-6-7/h7H,1-6H2,(H2,11,14)(H,12,15). The summed E-state index contributed by atoms with van der Waals surface area (Å²) < 4.78 is 5.33. The summed E-state index contributed by atoms with van der Waals surface area (Å²) in [5.41, 5.74) is 5.45. The topological polar surface area (TPSA) is 90.1 Å². The van der Waals surface area contributed by atoms with Crippen LogP contribution in [0.2, 0.25) is 0 Å². The lowest BCUT2D eigenvalue weighted by atomic mass is 9.98. The Morgan fingerprint density at radius 3 is 3.12 bits per heavy atom. The highest BCUT2D eigenvalue weighted by molar-refractivity contribution is 7.15. The molecule has 2 heterocycles. The van der Waals surface area contributed by atoms with Gasteiger partial charge >= 0.3 is 0 Å². The van der Waals surface area contributed by atoms with Crippen LogP contribution in [0.15, 0.2) is 0 Å². The lowest BCUT2D eigenvalue weighted by Gasteiger charge is -2.21. The minimum absolute atomic E-state index is 0.0364. The first-order valence-corrected chi connectivity index (χ1v) is 6.48. The van der Waals surface area contributed by atoms with Gasteiger partial charge in [0.2, 0.25) is 11.0 Å². The molecule has 2 rings (SSSR count). The first kappa shape index (κ1) is 12.3. The number of carbonyl (C=O) groups excluding carboxylic acids is 1. The monoisotopic (exact) mass is 256 g/mol. The first-order chi connectivity index (χ1) is 8.24. The summed E-state index contributed by atoms with van der Waals surface area (Å²) in [5.74, 6) is 0.387. The van der Waals surface area contributed by atoms with Crippen LogP contribution in [0.5, 0.6) is 0 Å². The Labute approximate surface area is 104 Å². The SMILES string of the molecule is Nc1nnc(CNC(=O)CC2CCCOC2)s1. The number of nitrogens with zero attached hydrogens (tertiary/aromatic N) is 2. The number of hydrogen-bond donors (Lipinski definition) is 2. The normalized spacial score (nSPS) is 20.1. The van der Waals surface area contributed by atoms with Gasteiger partial charge in [-0.15, -0.1) is 10.2 Å². The molecule has 7 heteroatoms. The van der Waals surface area contributed by atoms with Gasteiger partial charge in [0.05, 0.1) is 6.54 Å². The summed E-state index contributed by atoms with van der Waals surface area (Å²) >= 11 is 1.29. The summed E-state index contributed by atoms with van der Waals surface area (Å²) in [6.07, 6.45) is 2.64. The Morgan fingerprint density at radius 1 is 1.59 bits per heavy atom. The maximum absolute atomic E-state index is 11.6. The van der Waals surface area contributed by atoms with Gasteiger partial charge in [-0.25, -0.2) is 0 Å². The lowest BCUT2D eigenvalue weighted by molar-refractivity contribution is -0.123. The van der Waals surface area contributed by atoms with Gasteiger partial charge in [0, 0.05) is 19.6 Å². The van der Waals surface area contributed by atoms with Crippen molar-refractivity contribution >= 4 is 22.4 Å². The van der Waals surface area contributed by atoms with Gasteiger partial charge < -0.3 is 15.8 Å². The number of amides is 1. The molecule has 1 amide bonds. The molecule has 1 aromatic heterocycles. The number of aromatic nitrogens is 2. The molecule has 1 aromatic rings. The van der Waals surface area contributed by atoms with Gasteiger partial charge in [0.25, 0.3) is 0 Å². The Morgan fingerprint density at radius 2 is 2.47 bits per heavy atom. The number of carbonyl (C=O) groups is 1. The summed E-state index contributed by atoms with van der Waals surface area (Å²) in [6, 6.07) is 0. The minimum atomic E-state index is 0.0364. The molecule has 17 heavy (non-hydrogen) atoms. The average Bonchev–Trinajstić information content (AvgIpc) is 2.74. The number of rotatable bonds is 4. The van der Waals surface area contributed by atoms with Crippen LogP contribution in [0, 0.1) is 5.92 Å². The fraction of sp³-hybridized carbons (Fsp3) is 0.700. The summed E-state index contributed by atoms with van der Waals surface area (Å²) in [5, 5.41) is 11.5. The van der Waals surface area contributed by atoms with Crippen molar-refractivity contribution in [2.24, 2.45) is 5.92 Å². The van der Waals surface area contributed by atoms with Crippen LogP contribution in [0.1, 0.15) is 24.3 Å². The lowest BCUT2D eigenvalue weighted by Crippen LogP contribution is -2.28. The number of anilines is 1. The van der Waals surface area contributed by atoms with Crippen LogP contribution in [0.4, 0.5) is 5.13 Å². The molecule has 6 nitrogen and oxygen atoms in total. The van der Waals surface area contributed by atoms with Crippen LogP contribution in [0.25, 0.3) is 0 Å². The van der Waals surface area contributed by atoms with Gasteiger partial charge in [-0.1, -0.05) is 11.3 Å². The zero-order valence-electron chi connectivity index (χ0n) is 9.52. The fourth-order valence-electron chi connectivity index (χ4n) is 1.81. The van der Waals surface area contributed by atoms with Crippen LogP contribution < -0.4 is 11.1 Å². The highest BCUT2D eigenvalue weighted by atomic mass is 32.1. The van der Waals surface area contributed by atoms with E-state index in [0.29, 0.717) is 30.6 Å². The third kappa shape index (κ3) is 3.94. The molecule has 94 valence electrons.